The minimum absolute atomic E-state index is 0.00592. The van der Waals surface area contributed by atoms with Crippen LogP contribution in [0.2, 0.25) is 0 Å². The molecule has 1 aromatic heterocycles. The monoisotopic (exact) mass is 497 g/mol. The van der Waals surface area contributed by atoms with Crippen LogP contribution < -0.4 is 21.1 Å². The minimum Gasteiger partial charge on any atom is -0.496 e. The van der Waals surface area contributed by atoms with Crippen molar-refractivity contribution in [2.24, 2.45) is 10.4 Å². The number of aliphatic imine (C=N–C) groups is 1. The molecule has 1 spiro atoms. The van der Waals surface area contributed by atoms with Gasteiger partial charge in [0.2, 0.25) is 5.95 Å². The zero-order chi connectivity index (χ0) is 25.7. The van der Waals surface area contributed by atoms with Crippen LogP contribution in [0.5, 0.6) is 5.75 Å². The van der Waals surface area contributed by atoms with Gasteiger partial charge in [-0.3, -0.25) is 9.89 Å². The highest BCUT2D eigenvalue weighted by atomic mass is 16.5. The van der Waals surface area contributed by atoms with Gasteiger partial charge in [-0.15, -0.1) is 0 Å². The fourth-order valence-corrected chi connectivity index (χ4v) is 5.34. The second kappa shape index (κ2) is 11.4. The summed E-state index contributed by atoms with van der Waals surface area (Å²) in [6.07, 6.45) is 5.35. The molecule has 2 fully saturated rings. The number of hydrogen-bond donors (Lipinski definition) is 4. The molecule has 0 bridgehead atoms. The molecule has 196 valence electrons. The molecule has 0 amide bonds. The van der Waals surface area contributed by atoms with Crippen molar-refractivity contribution < 1.29 is 14.9 Å². The van der Waals surface area contributed by atoms with Crippen LogP contribution in [0.3, 0.4) is 0 Å². The van der Waals surface area contributed by atoms with Gasteiger partial charge in [0.1, 0.15) is 17.1 Å². The maximum absolute atomic E-state index is 9.61. The molecule has 0 unspecified atom stereocenters. The number of unbranched alkanes of at least 4 members (excludes halogenated alkanes) is 1. The van der Waals surface area contributed by atoms with E-state index in [4.69, 9.17) is 16.2 Å². The van der Waals surface area contributed by atoms with Crippen molar-refractivity contribution in [3.05, 3.63) is 35.0 Å². The largest absolute Gasteiger partial charge is 0.496 e. The quantitative estimate of drug-likeness (QED) is 0.322. The number of nitrogen functional groups attached to an aromatic ring is 2. The Kier molecular flexibility index (Phi) is 8.28. The predicted octanol–water partition coefficient (Wildman–Crippen LogP) is 1.82. The summed E-state index contributed by atoms with van der Waals surface area (Å²) in [5, 5.41) is 19.1. The summed E-state index contributed by atoms with van der Waals surface area (Å²) in [4.78, 5) is 17.5. The molecule has 6 N–H and O–H groups in total. The van der Waals surface area contributed by atoms with Crippen LogP contribution in [0, 0.1) is 5.41 Å². The Hall–Kier alpha value is -2.95. The lowest BCUT2D eigenvalue weighted by atomic mass is 9.62. The number of ether oxygens (including phenoxy) is 1. The van der Waals surface area contributed by atoms with Crippen LogP contribution in [-0.2, 0) is 13.1 Å². The van der Waals surface area contributed by atoms with Crippen molar-refractivity contribution in [1.29, 1.82) is 0 Å². The Balaban J connectivity index is 1.41. The Morgan fingerprint density at radius 3 is 2.69 bits per heavy atom. The molecular weight excluding hydrogens is 458 g/mol. The van der Waals surface area contributed by atoms with E-state index in [0.29, 0.717) is 35.7 Å². The molecule has 10 nitrogen and oxygen atoms in total. The second-order valence-electron chi connectivity index (χ2n) is 10.1. The van der Waals surface area contributed by atoms with Gasteiger partial charge in [0.15, 0.2) is 5.82 Å². The first-order valence-electron chi connectivity index (χ1n) is 12.7. The van der Waals surface area contributed by atoms with Gasteiger partial charge in [-0.1, -0.05) is 25.5 Å². The van der Waals surface area contributed by atoms with Gasteiger partial charge in [0.05, 0.1) is 26.4 Å². The van der Waals surface area contributed by atoms with Crippen LogP contribution >= 0.6 is 0 Å². The zero-order valence-electron chi connectivity index (χ0n) is 21.4. The van der Waals surface area contributed by atoms with E-state index in [1.54, 1.807) is 13.3 Å². The second-order valence-corrected chi connectivity index (χ2v) is 10.1. The maximum atomic E-state index is 9.61. The third-order valence-corrected chi connectivity index (χ3v) is 7.11. The Morgan fingerprint density at radius 2 is 2.03 bits per heavy atom. The van der Waals surface area contributed by atoms with Crippen LogP contribution in [0.15, 0.2) is 23.2 Å². The van der Waals surface area contributed by atoms with Crippen molar-refractivity contribution in [1.82, 2.24) is 14.9 Å². The van der Waals surface area contributed by atoms with E-state index >= 15 is 0 Å². The summed E-state index contributed by atoms with van der Waals surface area (Å²) in [5.41, 5.74) is 15.7. The smallest absolute Gasteiger partial charge is 0.222 e. The van der Waals surface area contributed by atoms with Crippen LogP contribution in [0.25, 0.3) is 0 Å². The number of aliphatic hydroxyl groups is 2. The van der Waals surface area contributed by atoms with Crippen LogP contribution in [0.4, 0.5) is 17.5 Å². The molecule has 0 atom stereocenters. The number of benzene rings is 1. The summed E-state index contributed by atoms with van der Waals surface area (Å²) in [6, 6.07) is 6.23. The SMILES string of the molecule is CCCCN(CCO)c1nc(N)nc(C=NCc2ccc(CN3CC4(CC(O)C4)C3)cc2OC)c1N. The molecule has 36 heavy (non-hydrogen) atoms. The number of rotatable bonds is 12. The van der Waals surface area contributed by atoms with E-state index in [-0.39, 0.29) is 18.7 Å². The molecule has 1 saturated heterocycles. The molecule has 10 heteroatoms. The fraction of sp³-hybridized carbons (Fsp3) is 0.577. The number of hydrogen-bond acceptors (Lipinski definition) is 10. The number of anilines is 3. The Labute approximate surface area is 213 Å². The standard InChI is InChI=1S/C26H39N7O3/c1-3-4-7-33(8-9-34)24-23(27)21(30-25(28)31-24)14-29-13-19-6-5-18(10-22(19)36-2)15-32-16-26(17-32)11-20(35)12-26/h5-6,10,14,20,34-35H,3-4,7-9,11-13,15-17,27H2,1-2H3,(H2,28,30,31). The normalized spacial score (nSPS) is 17.3. The van der Waals surface area contributed by atoms with Gasteiger partial charge in [-0.05, 0) is 30.9 Å². The van der Waals surface area contributed by atoms with Crippen molar-refractivity contribution in [2.45, 2.75) is 51.8 Å². The molecule has 4 rings (SSSR count). The van der Waals surface area contributed by atoms with Crippen molar-refractivity contribution in [3.8, 4) is 5.75 Å². The van der Waals surface area contributed by atoms with Gasteiger partial charge < -0.3 is 31.3 Å². The molecule has 1 saturated carbocycles. The first-order valence-corrected chi connectivity index (χ1v) is 12.7. The molecule has 2 heterocycles. The van der Waals surface area contributed by atoms with E-state index in [1.165, 1.54) is 5.56 Å². The molecule has 0 radical (unpaired) electrons. The molecule has 1 aliphatic heterocycles. The van der Waals surface area contributed by atoms with Gasteiger partial charge >= 0.3 is 0 Å². The predicted molar refractivity (Wildman–Crippen MR) is 142 cm³/mol. The van der Waals surface area contributed by atoms with Gasteiger partial charge in [0, 0.05) is 49.9 Å². The zero-order valence-corrected chi connectivity index (χ0v) is 21.4. The molecule has 1 aromatic carbocycles. The average molecular weight is 498 g/mol. The summed E-state index contributed by atoms with van der Waals surface area (Å²) in [5.74, 6) is 1.44. The summed E-state index contributed by atoms with van der Waals surface area (Å²) in [6.45, 7) is 6.63. The third-order valence-electron chi connectivity index (χ3n) is 7.11. The highest BCUT2D eigenvalue weighted by molar-refractivity contribution is 5.89. The first kappa shape index (κ1) is 26.1. The number of methoxy groups -OCH3 is 1. The topological polar surface area (TPSA) is 146 Å². The van der Waals surface area contributed by atoms with Crippen LogP contribution in [0.1, 0.15) is 49.4 Å². The third kappa shape index (κ3) is 5.88. The fourth-order valence-electron chi connectivity index (χ4n) is 5.34. The van der Waals surface area contributed by atoms with E-state index in [2.05, 4.69) is 38.9 Å². The van der Waals surface area contributed by atoms with Crippen molar-refractivity contribution in [2.75, 3.05) is 56.3 Å². The molecule has 1 aliphatic carbocycles. The maximum Gasteiger partial charge on any atom is 0.222 e. The molecule has 2 aliphatic rings. The number of likely N-dealkylation sites (tertiary alicyclic amines) is 1. The van der Waals surface area contributed by atoms with Gasteiger partial charge in [-0.25, -0.2) is 4.98 Å². The van der Waals surface area contributed by atoms with Gasteiger partial charge in [0.25, 0.3) is 0 Å². The lowest BCUT2D eigenvalue weighted by Crippen LogP contribution is -2.63. The summed E-state index contributed by atoms with van der Waals surface area (Å²) < 4.78 is 5.64. The number of nitrogens with zero attached hydrogens (tertiary/aromatic N) is 5. The van der Waals surface area contributed by atoms with Gasteiger partial charge in [-0.2, -0.15) is 4.98 Å². The summed E-state index contributed by atoms with van der Waals surface area (Å²) >= 11 is 0. The van der Waals surface area contributed by atoms with Crippen molar-refractivity contribution in [3.63, 3.8) is 0 Å². The Bertz CT molecular complexity index is 1060. The lowest BCUT2D eigenvalue weighted by Gasteiger charge is -2.58. The van der Waals surface area contributed by atoms with E-state index in [0.717, 1.165) is 63.2 Å². The van der Waals surface area contributed by atoms with E-state index in [1.807, 2.05) is 11.0 Å². The molecular formula is C26H39N7O3. The summed E-state index contributed by atoms with van der Waals surface area (Å²) in [7, 11) is 1.67. The van der Waals surface area contributed by atoms with E-state index < -0.39 is 0 Å². The van der Waals surface area contributed by atoms with E-state index in [9.17, 15) is 10.2 Å². The van der Waals surface area contributed by atoms with Crippen molar-refractivity contribution >= 4 is 23.7 Å². The Morgan fingerprint density at radius 1 is 1.25 bits per heavy atom. The molecule has 2 aromatic rings. The lowest BCUT2D eigenvalue weighted by molar-refractivity contribution is -0.131. The first-order chi connectivity index (χ1) is 17.4. The average Bonchev–Trinajstić information content (AvgIpc) is 2.82. The number of nitrogens with two attached hydrogens (primary N) is 2. The van der Waals surface area contributed by atoms with Crippen LogP contribution in [-0.4, -0.2) is 77.3 Å². The number of aliphatic hydroxyl groups excluding tert-OH is 2. The highest BCUT2D eigenvalue weighted by Gasteiger charge is 2.51. The number of aromatic nitrogens is 2. The minimum atomic E-state index is -0.103. The highest BCUT2D eigenvalue weighted by Crippen LogP contribution is 2.48.